The summed E-state index contributed by atoms with van der Waals surface area (Å²) in [5.74, 6) is 0.332. The van der Waals surface area contributed by atoms with Gasteiger partial charge in [0.2, 0.25) is 17.5 Å². The van der Waals surface area contributed by atoms with E-state index >= 15 is 0 Å². The Labute approximate surface area is 121 Å². The van der Waals surface area contributed by atoms with E-state index in [0.29, 0.717) is 24.3 Å². The number of aromatic nitrogens is 1. The number of nitrogens with one attached hydrogen (secondary N) is 1. The average molecular weight is 283 g/mol. The van der Waals surface area contributed by atoms with Gasteiger partial charge in [-0.2, -0.15) is 0 Å². The quantitative estimate of drug-likeness (QED) is 0.846. The highest BCUT2D eigenvalue weighted by Crippen LogP contribution is 2.34. The van der Waals surface area contributed by atoms with Gasteiger partial charge in [-0.05, 0) is 30.0 Å². The van der Waals surface area contributed by atoms with E-state index in [2.05, 4.69) is 15.1 Å². The summed E-state index contributed by atoms with van der Waals surface area (Å²) in [6, 6.07) is 4.83. The van der Waals surface area contributed by atoms with Crippen LogP contribution in [0.2, 0.25) is 0 Å². The molecule has 6 heteroatoms. The van der Waals surface area contributed by atoms with Gasteiger partial charge in [0, 0.05) is 18.0 Å². The third-order valence-corrected chi connectivity index (χ3v) is 3.45. The smallest absolute Gasteiger partial charge is 0.228 e. The maximum absolute atomic E-state index is 11.1. The molecule has 21 heavy (non-hydrogen) atoms. The van der Waals surface area contributed by atoms with Crippen LogP contribution in [-0.4, -0.2) is 28.6 Å². The summed E-state index contributed by atoms with van der Waals surface area (Å²) in [6.07, 6.45) is 2.86. The number of hydrogen-bond donors (Lipinski definition) is 2. The summed E-state index contributed by atoms with van der Waals surface area (Å²) in [4.78, 5) is 18.6. The van der Waals surface area contributed by atoms with Gasteiger partial charge in [-0.1, -0.05) is 0 Å². The van der Waals surface area contributed by atoms with Crippen molar-refractivity contribution in [2.75, 3.05) is 6.61 Å². The Hall–Kier alpha value is -2.81. The number of phenolic OH excluding ortho intramolecular Hbond substituents is 1. The fourth-order valence-corrected chi connectivity index (χ4v) is 2.36. The normalized spacial score (nSPS) is 17.5. The molecule has 2 aromatic rings. The molecule has 0 aliphatic carbocycles. The monoisotopic (exact) mass is 283 g/mol. The predicted molar refractivity (Wildman–Crippen MR) is 76.3 cm³/mol. The minimum Gasteiger partial charge on any atom is -0.519 e. The summed E-state index contributed by atoms with van der Waals surface area (Å²) in [5, 5.41) is 14.0. The van der Waals surface area contributed by atoms with Gasteiger partial charge in [0.05, 0.1) is 12.6 Å². The first kappa shape index (κ1) is 13.2. The van der Waals surface area contributed by atoms with E-state index in [-0.39, 0.29) is 23.4 Å². The van der Waals surface area contributed by atoms with Gasteiger partial charge in [0.15, 0.2) is 0 Å². The van der Waals surface area contributed by atoms with Gasteiger partial charge in [-0.3, -0.25) is 4.79 Å². The van der Waals surface area contributed by atoms with E-state index in [0.717, 1.165) is 11.8 Å². The zero-order valence-electron chi connectivity index (χ0n) is 11.2. The molecule has 1 saturated heterocycles. The van der Waals surface area contributed by atoms with Gasteiger partial charge in [0.25, 0.3) is 0 Å². The third kappa shape index (κ3) is 2.58. The van der Waals surface area contributed by atoms with Crippen LogP contribution in [0, 0.1) is 6.57 Å². The van der Waals surface area contributed by atoms with Crippen molar-refractivity contribution in [3.05, 3.63) is 35.8 Å². The number of amides is 1. The Morgan fingerprint density at radius 3 is 3.10 bits per heavy atom. The van der Waals surface area contributed by atoms with Crippen LogP contribution >= 0.6 is 0 Å². The fraction of sp³-hybridized carbons (Fsp3) is 0.267. The van der Waals surface area contributed by atoms with Crippen molar-refractivity contribution in [1.82, 2.24) is 10.3 Å². The largest absolute Gasteiger partial charge is 0.519 e. The fourth-order valence-electron chi connectivity index (χ4n) is 2.36. The zero-order valence-corrected chi connectivity index (χ0v) is 11.2. The minimum absolute atomic E-state index is 0.00864. The van der Waals surface area contributed by atoms with Crippen LogP contribution in [-0.2, 0) is 4.79 Å². The Balaban J connectivity index is 1.87. The molecule has 0 radical (unpaired) electrons. The third-order valence-electron chi connectivity index (χ3n) is 3.45. The highest BCUT2D eigenvalue weighted by atomic mass is 16.5. The summed E-state index contributed by atoms with van der Waals surface area (Å²) in [5.41, 5.74) is 0.197. The number of carbonyl (C=O) groups excluding carboxylic acids is 1. The molecule has 1 aromatic carbocycles. The number of phenols is 1. The summed E-state index contributed by atoms with van der Waals surface area (Å²) in [7, 11) is 0. The number of hydrogen-bond acceptors (Lipinski definition) is 4. The Kier molecular flexibility index (Phi) is 3.32. The van der Waals surface area contributed by atoms with Crippen molar-refractivity contribution in [2.45, 2.75) is 18.9 Å². The molecule has 1 atom stereocenters. The number of rotatable bonds is 3. The molecule has 6 nitrogen and oxygen atoms in total. The first-order valence-electron chi connectivity index (χ1n) is 6.58. The van der Waals surface area contributed by atoms with Crippen molar-refractivity contribution in [2.24, 2.45) is 0 Å². The first-order chi connectivity index (χ1) is 10.2. The van der Waals surface area contributed by atoms with E-state index in [1.807, 2.05) is 0 Å². The van der Waals surface area contributed by atoms with Crippen LogP contribution in [0.4, 0.5) is 5.69 Å². The number of benzene rings is 1. The molecule has 0 spiro atoms. The van der Waals surface area contributed by atoms with E-state index < -0.39 is 0 Å². The second kappa shape index (κ2) is 5.29. The molecule has 2 heterocycles. The van der Waals surface area contributed by atoms with Gasteiger partial charge >= 0.3 is 0 Å². The summed E-state index contributed by atoms with van der Waals surface area (Å²) in [6.45, 7) is 7.34. The molecule has 1 amide bonds. The van der Waals surface area contributed by atoms with Crippen LogP contribution in [0.1, 0.15) is 12.8 Å². The summed E-state index contributed by atoms with van der Waals surface area (Å²) >= 11 is 0. The molecular weight excluding hydrogens is 270 g/mol. The van der Waals surface area contributed by atoms with E-state index in [9.17, 15) is 9.90 Å². The molecule has 1 fully saturated rings. The SMILES string of the molecule is [C-]#[N+]c1cc2ccnc(OC[C@@H]3CCC(=O)N3)c2cc1O. The molecule has 3 rings (SSSR count). The Bertz CT molecular complexity index is 752. The first-order valence-corrected chi connectivity index (χ1v) is 6.58. The zero-order chi connectivity index (χ0) is 14.8. The highest BCUT2D eigenvalue weighted by Gasteiger charge is 2.21. The van der Waals surface area contributed by atoms with E-state index in [4.69, 9.17) is 11.3 Å². The summed E-state index contributed by atoms with van der Waals surface area (Å²) < 4.78 is 5.67. The van der Waals surface area contributed by atoms with Crippen LogP contribution in [0.3, 0.4) is 0 Å². The van der Waals surface area contributed by atoms with E-state index in [1.165, 1.54) is 6.07 Å². The lowest BCUT2D eigenvalue weighted by atomic mass is 10.1. The van der Waals surface area contributed by atoms with Crippen molar-refractivity contribution < 1.29 is 14.6 Å². The molecule has 2 N–H and O–H groups in total. The highest BCUT2D eigenvalue weighted by molar-refractivity contribution is 5.92. The van der Waals surface area contributed by atoms with E-state index in [1.54, 1.807) is 18.3 Å². The molecular formula is C15H13N3O3. The average Bonchev–Trinajstić information content (AvgIpc) is 2.90. The Morgan fingerprint density at radius 2 is 2.38 bits per heavy atom. The Morgan fingerprint density at radius 1 is 1.52 bits per heavy atom. The lowest BCUT2D eigenvalue weighted by Crippen LogP contribution is -2.31. The van der Waals surface area contributed by atoms with Crippen LogP contribution < -0.4 is 10.1 Å². The van der Waals surface area contributed by atoms with Crippen molar-refractivity contribution in [3.8, 4) is 11.6 Å². The van der Waals surface area contributed by atoms with Crippen molar-refractivity contribution >= 4 is 22.4 Å². The molecule has 0 unspecified atom stereocenters. The van der Waals surface area contributed by atoms with Crippen LogP contribution in [0.5, 0.6) is 11.6 Å². The maximum Gasteiger partial charge on any atom is 0.228 e. The molecule has 106 valence electrons. The molecule has 1 aliphatic rings. The number of aromatic hydroxyl groups is 1. The number of carbonyl (C=O) groups is 1. The van der Waals surface area contributed by atoms with Gasteiger partial charge < -0.3 is 15.2 Å². The standard InChI is InChI=1S/C15H13N3O3/c1-16-12-6-9-4-5-17-15(11(9)7-13(12)19)21-8-10-2-3-14(20)18-10/h4-7,10,19H,2-3,8H2,(H,18,20)/t10-/m0/s1. The number of fused-ring (bicyclic) bond motifs is 1. The van der Waals surface area contributed by atoms with Gasteiger partial charge in [0.1, 0.15) is 12.4 Å². The number of pyridine rings is 1. The lowest BCUT2D eigenvalue weighted by molar-refractivity contribution is -0.119. The molecule has 0 bridgehead atoms. The molecule has 1 aromatic heterocycles. The second-order valence-corrected chi connectivity index (χ2v) is 4.90. The topological polar surface area (TPSA) is 75.8 Å². The van der Waals surface area contributed by atoms with Gasteiger partial charge in [-0.25, -0.2) is 9.83 Å². The molecule has 1 aliphatic heterocycles. The predicted octanol–water partition coefficient (Wildman–Crippen LogP) is 2.15. The van der Waals surface area contributed by atoms with Gasteiger partial charge in [-0.15, -0.1) is 0 Å². The van der Waals surface area contributed by atoms with Crippen LogP contribution in [0.15, 0.2) is 24.4 Å². The minimum atomic E-state index is -0.0930. The number of ether oxygens (including phenoxy) is 1. The van der Waals surface area contributed by atoms with Crippen molar-refractivity contribution in [1.29, 1.82) is 0 Å². The van der Waals surface area contributed by atoms with Crippen molar-refractivity contribution in [3.63, 3.8) is 0 Å². The molecule has 0 saturated carbocycles. The maximum atomic E-state index is 11.1. The van der Waals surface area contributed by atoms with Crippen LogP contribution in [0.25, 0.3) is 15.6 Å². The lowest BCUT2D eigenvalue weighted by Gasteiger charge is -2.13. The second-order valence-electron chi connectivity index (χ2n) is 4.90. The number of nitrogens with zero attached hydrogens (tertiary/aromatic N) is 2.